The summed E-state index contributed by atoms with van der Waals surface area (Å²) in [5, 5.41) is 6.63. The van der Waals surface area contributed by atoms with E-state index in [0.29, 0.717) is 11.4 Å². The topological polar surface area (TPSA) is 44.4 Å². The van der Waals surface area contributed by atoms with E-state index in [9.17, 15) is 4.79 Å². The van der Waals surface area contributed by atoms with Crippen molar-refractivity contribution in [2.75, 3.05) is 32.7 Å². The third-order valence-electron chi connectivity index (χ3n) is 5.61. The molecule has 0 bridgehead atoms. The van der Waals surface area contributed by atoms with Crippen LogP contribution >= 0.6 is 0 Å². The van der Waals surface area contributed by atoms with Crippen LogP contribution in [0.3, 0.4) is 0 Å². The molecule has 114 valence electrons. The molecule has 20 heavy (non-hydrogen) atoms. The van der Waals surface area contributed by atoms with E-state index in [1.807, 2.05) is 0 Å². The van der Waals surface area contributed by atoms with Crippen LogP contribution in [0.5, 0.6) is 0 Å². The smallest absolute Gasteiger partial charge is 0.223 e. The Kier molecular flexibility index (Phi) is 4.61. The zero-order valence-electron chi connectivity index (χ0n) is 12.6. The zero-order chi connectivity index (χ0) is 13.8. The summed E-state index contributed by atoms with van der Waals surface area (Å²) >= 11 is 0. The standard InChI is InChI=1S/C16H29N3O/c20-15(14-5-9-17-10-6-14)18-13-16(7-1-2-8-16)19-11-3-4-12-19/h14,17H,1-13H2,(H,18,20). The molecule has 2 N–H and O–H groups in total. The van der Waals surface area contributed by atoms with E-state index in [1.165, 1.54) is 51.6 Å². The molecule has 0 aromatic heterocycles. The second kappa shape index (κ2) is 6.44. The monoisotopic (exact) mass is 279 g/mol. The minimum Gasteiger partial charge on any atom is -0.354 e. The first kappa shape index (κ1) is 14.3. The molecule has 0 atom stereocenters. The van der Waals surface area contributed by atoms with Crippen LogP contribution in [0.4, 0.5) is 0 Å². The van der Waals surface area contributed by atoms with E-state index in [1.54, 1.807) is 0 Å². The number of amides is 1. The van der Waals surface area contributed by atoms with Crippen LogP contribution in [0.25, 0.3) is 0 Å². The molecule has 3 fully saturated rings. The number of carbonyl (C=O) groups is 1. The van der Waals surface area contributed by atoms with E-state index in [4.69, 9.17) is 0 Å². The van der Waals surface area contributed by atoms with Crippen LogP contribution in [-0.2, 0) is 4.79 Å². The van der Waals surface area contributed by atoms with Gasteiger partial charge < -0.3 is 10.6 Å². The van der Waals surface area contributed by atoms with E-state index in [0.717, 1.165) is 32.5 Å². The maximum absolute atomic E-state index is 12.4. The first-order valence-corrected chi connectivity index (χ1v) is 8.54. The Morgan fingerprint density at radius 1 is 1.10 bits per heavy atom. The summed E-state index contributed by atoms with van der Waals surface area (Å²) in [5.74, 6) is 0.547. The molecule has 3 rings (SSSR count). The van der Waals surface area contributed by atoms with Crippen molar-refractivity contribution >= 4 is 5.91 Å². The van der Waals surface area contributed by atoms with E-state index in [2.05, 4.69) is 15.5 Å². The lowest BCUT2D eigenvalue weighted by molar-refractivity contribution is -0.126. The molecular weight excluding hydrogens is 250 g/mol. The normalized spacial score (nSPS) is 27.8. The maximum Gasteiger partial charge on any atom is 0.223 e. The maximum atomic E-state index is 12.4. The van der Waals surface area contributed by atoms with Crippen LogP contribution in [0.1, 0.15) is 51.4 Å². The summed E-state index contributed by atoms with van der Waals surface area (Å²) in [6.07, 6.45) is 9.90. The van der Waals surface area contributed by atoms with Crippen LogP contribution in [-0.4, -0.2) is 49.1 Å². The molecule has 0 unspecified atom stereocenters. The second-order valence-corrected chi connectivity index (χ2v) is 6.87. The average molecular weight is 279 g/mol. The first-order valence-electron chi connectivity index (χ1n) is 8.54. The molecule has 2 saturated heterocycles. The van der Waals surface area contributed by atoms with Gasteiger partial charge in [-0.2, -0.15) is 0 Å². The number of nitrogens with one attached hydrogen (secondary N) is 2. The highest BCUT2D eigenvalue weighted by atomic mass is 16.1. The van der Waals surface area contributed by atoms with Gasteiger partial charge in [0.25, 0.3) is 0 Å². The van der Waals surface area contributed by atoms with Gasteiger partial charge in [0.05, 0.1) is 0 Å². The van der Waals surface area contributed by atoms with Crippen molar-refractivity contribution in [1.29, 1.82) is 0 Å². The third kappa shape index (κ3) is 3.01. The Morgan fingerprint density at radius 3 is 2.40 bits per heavy atom. The van der Waals surface area contributed by atoms with Gasteiger partial charge >= 0.3 is 0 Å². The number of nitrogens with zero attached hydrogens (tertiary/aromatic N) is 1. The van der Waals surface area contributed by atoms with Crippen LogP contribution < -0.4 is 10.6 Å². The largest absolute Gasteiger partial charge is 0.354 e. The molecule has 4 heteroatoms. The number of hydrogen-bond donors (Lipinski definition) is 2. The van der Waals surface area contributed by atoms with Crippen molar-refractivity contribution in [3.05, 3.63) is 0 Å². The lowest BCUT2D eigenvalue weighted by Gasteiger charge is -2.39. The Balaban J connectivity index is 1.55. The highest BCUT2D eigenvalue weighted by Gasteiger charge is 2.41. The SMILES string of the molecule is O=C(NCC1(N2CCCC2)CCCC1)C1CCNCC1. The molecule has 0 spiro atoms. The lowest BCUT2D eigenvalue weighted by Crippen LogP contribution is -2.54. The molecule has 2 heterocycles. The molecule has 0 aromatic carbocycles. The van der Waals surface area contributed by atoms with Crippen molar-refractivity contribution in [3.8, 4) is 0 Å². The molecule has 0 aromatic rings. The predicted molar refractivity (Wildman–Crippen MR) is 80.6 cm³/mol. The molecule has 1 amide bonds. The Hall–Kier alpha value is -0.610. The average Bonchev–Trinajstić information content (AvgIpc) is 3.17. The number of piperidine rings is 1. The van der Waals surface area contributed by atoms with E-state index in [-0.39, 0.29) is 5.92 Å². The molecule has 1 saturated carbocycles. The number of likely N-dealkylation sites (tertiary alicyclic amines) is 1. The van der Waals surface area contributed by atoms with Crippen LogP contribution in [0.2, 0.25) is 0 Å². The van der Waals surface area contributed by atoms with Crippen molar-refractivity contribution in [2.24, 2.45) is 5.92 Å². The summed E-state index contributed by atoms with van der Waals surface area (Å²) in [4.78, 5) is 15.0. The van der Waals surface area contributed by atoms with Crippen molar-refractivity contribution in [3.63, 3.8) is 0 Å². The minimum atomic E-state index is 0.244. The number of carbonyl (C=O) groups excluding carboxylic acids is 1. The highest BCUT2D eigenvalue weighted by molar-refractivity contribution is 5.78. The predicted octanol–water partition coefficient (Wildman–Crippen LogP) is 1.51. The Labute approximate surface area is 122 Å². The van der Waals surface area contributed by atoms with Crippen LogP contribution in [0, 0.1) is 5.92 Å². The molecular formula is C16H29N3O. The van der Waals surface area contributed by atoms with Crippen LogP contribution in [0.15, 0.2) is 0 Å². The van der Waals surface area contributed by atoms with Gasteiger partial charge in [0.2, 0.25) is 5.91 Å². The van der Waals surface area contributed by atoms with E-state index >= 15 is 0 Å². The lowest BCUT2D eigenvalue weighted by atomic mass is 9.93. The van der Waals surface area contributed by atoms with Gasteiger partial charge in [-0.3, -0.25) is 9.69 Å². The summed E-state index contributed by atoms with van der Waals surface area (Å²) in [7, 11) is 0. The van der Waals surface area contributed by atoms with Gasteiger partial charge in [-0.1, -0.05) is 12.8 Å². The van der Waals surface area contributed by atoms with Gasteiger partial charge in [-0.15, -0.1) is 0 Å². The first-order chi connectivity index (χ1) is 9.80. The molecule has 2 aliphatic heterocycles. The van der Waals surface area contributed by atoms with Gasteiger partial charge in [0.15, 0.2) is 0 Å². The summed E-state index contributed by atoms with van der Waals surface area (Å²) < 4.78 is 0. The van der Waals surface area contributed by atoms with Gasteiger partial charge in [-0.05, 0) is 64.7 Å². The number of hydrogen-bond acceptors (Lipinski definition) is 3. The summed E-state index contributed by atoms with van der Waals surface area (Å²) in [6, 6.07) is 0. The summed E-state index contributed by atoms with van der Waals surface area (Å²) in [5.41, 5.74) is 0.291. The fraction of sp³-hybridized carbons (Fsp3) is 0.938. The van der Waals surface area contributed by atoms with Crippen molar-refractivity contribution in [2.45, 2.75) is 56.9 Å². The molecule has 0 radical (unpaired) electrons. The van der Waals surface area contributed by atoms with Crippen molar-refractivity contribution in [1.82, 2.24) is 15.5 Å². The molecule has 1 aliphatic carbocycles. The minimum absolute atomic E-state index is 0.244. The van der Waals surface area contributed by atoms with Crippen molar-refractivity contribution < 1.29 is 4.79 Å². The molecule has 4 nitrogen and oxygen atoms in total. The van der Waals surface area contributed by atoms with E-state index < -0.39 is 0 Å². The highest BCUT2D eigenvalue weighted by Crippen LogP contribution is 2.37. The number of rotatable bonds is 4. The quantitative estimate of drug-likeness (QED) is 0.820. The third-order valence-corrected chi connectivity index (χ3v) is 5.61. The van der Waals surface area contributed by atoms with Gasteiger partial charge in [0, 0.05) is 18.0 Å². The fourth-order valence-electron chi connectivity index (χ4n) is 4.31. The Bertz CT molecular complexity index is 327. The summed E-state index contributed by atoms with van der Waals surface area (Å²) in [6.45, 7) is 5.35. The molecule has 3 aliphatic rings. The van der Waals surface area contributed by atoms with Gasteiger partial charge in [0.1, 0.15) is 0 Å². The van der Waals surface area contributed by atoms with Gasteiger partial charge in [-0.25, -0.2) is 0 Å². The fourth-order valence-corrected chi connectivity index (χ4v) is 4.31. The second-order valence-electron chi connectivity index (χ2n) is 6.87. The Morgan fingerprint density at radius 2 is 1.75 bits per heavy atom. The zero-order valence-corrected chi connectivity index (χ0v) is 12.6.